The van der Waals surface area contributed by atoms with E-state index in [9.17, 15) is 0 Å². The molecule has 67 heavy (non-hydrogen) atoms. The quantitative estimate of drug-likeness (QED) is 0.160. The summed E-state index contributed by atoms with van der Waals surface area (Å²) in [5, 5.41) is 2.45. The molecule has 3 aromatic heterocycles. The summed E-state index contributed by atoms with van der Waals surface area (Å²) >= 11 is 0. The zero-order chi connectivity index (χ0) is 44.6. The van der Waals surface area contributed by atoms with Crippen molar-refractivity contribution < 1.29 is 0 Å². The third kappa shape index (κ3) is 6.34. The second kappa shape index (κ2) is 15.2. The third-order valence-electron chi connectivity index (χ3n) is 13.7. The van der Waals surface area contributed by atoms with Crippen LogP contribution in [-0.4, -0.2) is 24.1 Å². The fourth-order valence-corrected chi connectivity index (χ4v) is 10.4. The number of benzene rings is 9. The molecule has 0 saturated heterocycles. The van der Waals surface area contributed by atoms with Crippen molar-refractivity contribution in [1.29, 1.82) is 0 Å². The van der Waals surface area contributed by atoms with Gasteiger partial charge in [-0.2, -0.15) is 0 Å². The Morgan fingerprint density at radius 3 is 1.66 bits per heavy atom. The van der Waals surface area contributed by atoms with Gasteiger partial charge in [-0.15, -0.1) is 0 Å². The first kappa shape index (κ1) is 38.8. The van der Waals surface area contributed by atoms with E-state index in [1.54, 1.807) is 0 Å². The Hall–Kier alpha value is -8.67. The lowest BCUT2D eigenvalue weighted by atomic mass is 9.81. The molecular formula is C62H43N5. The maximum absolute atomic E-state index is 5.45. The molecule has 12 aromatic rings. The molecule has 0 amide bonds. The summed E-state index contributed by atoms with van der Waals surface area (Å²) in [7, 11) is 0. The van der Waals surface area contributed by atoms with Gasteiger partial charge in [0.2, 0.25) is 0 Å². The van der Waals surface area contributed by atoms with Gasteiger partial charge in [0, 0.05) is 49.8 Å². The molecule has 5 nitrogen and oxygen atoms in total. The van der Waals surface area contributed by atoms with Crippen LogP contribution in [0.25, 0.3) is 112 Å². The van der Waals surface area contributed by atoms with Gasteiger partial charge in [-0.25, -0.2) is 15.0 Å². The van der Waals surface area contributed by atoms with E-state index in [1.807, 2.05) is 18.2 Å². The molecule has 5 heteroatoms. The molecule has 0 unspecified atom stereocenters. The van der Waals surface area contributed by atoms with Gasteiger partial charge in [-0.1, -0.05) is 172 Å². The summed E-state index contributed by atoms with van der Waals surface area (Å²) in [6, 6.07) is 80.1. The average Bonchev–Trinajstić information content (AvgIpc) is 4.02. The highest BCUT2D eigenvalue weighted by Gasteiger charge is 2.35. The smallest absolute Gasteiger partial charge is 0.160 e. The van der Waals surface area contributed by atoms with Crippen molar-refractivity contribution in [1.82, 2.24) is 24.1 Å². The largest absolute Gasteiger partial charge is 0.309 e. The molecule has 13 rings (SSSR count). The summed E-state index contributed by atoms with van der Waals surface area (Å²) in [6.07, 6.45) is 0. The normalized spacial score (nSPS) is 12.7. The van der Waals surface area contributed by atoms with Crippen molar-refractivity contribution in [3.05, 3.63) is 236 Å². The van der Waals surface area contributed by atoms with Crippen molar-refractivity contribution in [3.63, 3.8) is 0 Å². The number of hydrogen-bond donors (Lipinski definition) is 0. The highest BCUT2D eigenvalue weighted by atomic mass is 15.1. The molecule has 0 aliphatic heterocycles. The first-order chi connectivity index (χ1) is 33.0. The molecule has 0 atom stereocenters. The van der Waals surface area contributed by atoms with Gasteiger partial charge in [0.25, 0.3) is 0 Å². The second-order valence-electron chi connectivity index (χ2n) is 18.1. The molecule has 0 N–H and O–H groups in total. The molecule has 1 aliphatic rings. The minimum absolute atomic E-state index is 0.134. The van der Waals surface area contributed by atoms with E-state index in [0.717, 1.165) is 84.0 Å². The van der Waals surface area contributed by atoms with E-state index >= 15 is 0 Å². The standard InChI is InChI=1S/C62H43N5/c1-62(2)52-24-12-9-21-48(52)49-34-33-43(38-53(49)62)44-35-45(37-47(36-44)66-57-26-14-10-22-50(57)51-23-11-15-27-58(51)66)56-39-55(40-17-5-3-6-18-40)63-60(64-56)41-29-31-42(32-30-41)61-65-54-25-13-16-28-59(54)67(61)46-19-7-4-8-20-46/h3-39H,1-2H3. The van der Waals surface area contributed by atoms with Crippen LogP contribution in [0.4, 0.5) is 0 Å². The lowest BCUT2D eigenvalue weighted by Crippen LogP contribution is -2.14. The zero-order valence-corrected chi connectivity index (χ0v) is 37.1. The fourth-order valence-electron chi connectivity index (χ4n) is 10.4. The molecule has 0 fully saturated rings. The summed E-state index contributed by atoms with van der Waals surface area (Å²) in [4.78, 5) is 15.9. The molecule has 1 aliphatic carbocycles. The monoisotopic (exact) mass is 857 g/mol. The Balaban J connectivity index is 1.00. The Kier molecular flexibility index (Phi) is 8.80. The van der Waals surface area contributed by atoms with Crippen LogP contribution in [0.1, 0.15) is 25.0 Å². The van der Waals surface area contributed by atoms with Crippen LogP contribution in [0.3, 0.4) is 0 Å². The first-order valence-electron chi connectivity index (χ1n) is 22.9. The Bertz CT molecular complexity index is 3820. The highest BCUT2D eigenvalue weighted by molar-refractivity contribution is 6.09. The number of aromatic nitrogens is 5. The van der Waals surface area contributed by atoms with Crippen LogP contribution in [0.15, 0.2) is 224 Å². The first-order valence-corrected chi connectivity index (χ1v) is 22.9. The van der Waals surface area contributed by atoms with Crippen LogP contribution < -0.4 is 0 Å². The van der Waals surface area contributed by atoms with Gasteiger partial charge >= 0.3 is 0 Å². The van der Waals surface area contributed by atoms with E-state index in [-0.39, 0.29) is 5.41 Å². The van der Waals surface area contributed by atoms with Crippen LogP contribution in [0, 0.1) is 0 Å². The van der Waals surface area contributed by atoms with Gasteiger partial charge in [0.15, 0.2) is 5.82 Å². The lowest BCUT2D eigenvalue weighted by Gasteiger charge is -2.22. The zero-order valence-electron chi connectivity index (χ0n) is 37.1. The maximum Gasteiger partial charge on any atom is 0.160 e. The molecule has 0 saturated carbocycles. The van der Waals surface area contributed by atoms with Crippen molar-refractivity contribution in [3.8, 4) is 78.9 Å². The van der Waals surface area contributed by atoms with Gasteiger partial charge < -0.3 is 4.57 Å². The predicted octanol–water partition coefficient (Wildman–Crippen LogP) is 15.6. The predicted molar refractivity (Wildman–Crippen MR) is 276 cm³/mol. The van der Waals surface area contributed by atoms with Gasteiger partial charge in [-0.3, -0.25) is 4.57 Å². The van der Waals surface area contributed by atoms with Crippen LogP contribution in [0.2, 0.25) is 0 Å². The summed E-state index contributed by atoms with van der Waals surface area (Å²) < 4.78 is 4.64. The molecule has 0 radical (unpaired) electrons. The number of hydrogen-bond acceptors (Lipinski definition) is 3. The Labute approximate surface area is 389 Å². The van der Waals surface area contributed by atoms with Crippen LogP contribution in [0.5, 0.6) is 0 Å². The minimum atomic E-state index is -0.134. The second-order valence-corrected chi connectivity index (χ2v) is 18.1. The number of fused-ring (bicyclic) bond motifs is 7. The van der Waals surface area contributed by atoms with Crippen molar-refractivity contribution >= 4 is 32.8 Å². The van der Waals surface area contributed by atoms with E-state index in [0.29, 0.717) is 5.82 Å². The highest BCUT2D eigenvalue weighted by Crippen LogP contribution is 2.50. The summed E-state index contributed by atoms with van der Waals surface area (Å²) in [6.45, 7) is 4.70. The van der Waals surface area contributed by atoms with Gasteiger partial charge in [-0.05, 0) is 100 Å². The molecule has 0 spiro atoms. The lowest BCUT2D eigenvalue weighted by molar-refractivity contribution is 0.660. The molecule has 9 aromatic carbocycles. The van der Waals surface area contributed by atoms with Crippen LogP contribution >= 0.6 is 0 Å². The molecule has 3 heterocycles. The fraction of sp³-hybridized carbons (Fsp3) is 0.0484. The molecular weight excluding hydrogens is 815 g/mol. The SMILES string of the molecule is CC1(C)c2ccccc2-c2ccc(-c3cc(-c4cc(-c5ccccc5)nc(-c5ccc(-c6nc7ccccc7n6-c6ccccc6)cc5)n4)cc(-n4c5ccccc5c5ccccc54)c3)cc21. The summed E-state index contributed by atoms with van der Waals surface area (Å²) in [5.74, 6) is 1.53. The van der Waals surface area contributed by atoms with Crippen LogP contribution in [-0.2, 0) is 5.41 Å². The third-order valence-corrected chi connectivity index (χ3v) is 13.7. The minimum Gasteiger partial charge on any atom is -0.309 e. The van der Waals surface area contributed by atoms with E-state index < -0.39 is 0 Å². The Morgan fingerprint density at radius 1 is 0.343 bits per heavy atom. The van der Waals surface area contributed by atoms with E-state index in [2.05, 4.69) is 229 Å². The van der Waals surface area contributed by atoms with E-state index in [1.165, 1.54) is 33.0 Å². The topological polar surface area (TPSA) is 48.5 Å². The van der Waals surface area contributed by atoms with Crippen molar-refractivity contribution in [2.24, 2.45) is 0 Å². The number of imidazole rings is 1. The Morgan fingerprint density at radius 2 is 0.910 bits per heavy atom. The van der Waals surface area contributed by atoms with E-state index in [4.69, 9.17) is 15.0 Å². The summed E-state index contributed by atoms with van der Waals surface area (Å²) in [5.41, 5.74) is 19.6. The van der Waals surface area contributed by atoms with Gasteiger partial charge in [0.1, 0.15) is 5.82 Å². The maximum atomic E-state index is 5.45. The van der Waals surface area contributed by atoms with Crippen molar-refractivity contribution in [2.75, 3.05) is 0 Å². The average molecular weight is 858 g/mol. The van der Waals surface area contributed by atoms with Crippen molar-refractivity contribution in [2.45, 2.75) is 19.3 Å². The van der Waals surface area contributed by atoms with Gasteiger partial charge in [0.05, 0.1) is 33.5 Å². The number of nitrogens with zero attached hydrogens (tertiary/aromatic N) is 5. The molecule has 0 bridgehead atoms. The number of rotatable bonds is 7. The molecule has 316 valence electrons. The number of para-hydroxylation sites is 5.